The van der Waals surface area contributed by atoms with Gasteiger partial charge in [0.25, 0.3) is 17.5 Å². The molecule has 13 heteroatoms. The molecular weight excluding hydrogens is 426 g/mol. The molecule has 0 aromatic heterocycles. The second-order valence-electron chi connectivity index (χ2n) is 6.50. The predicted molar refractivity (Wildman–Crippen MR) is 101 cm³/mol. The van der Waals surface area contributed by atoms with Gasteiger partial charge in [-0.3, -0.25) is 19.7 Å². The number of nitrogens with zero attached hydrogens (tertiary/aromatic N) is 1. The van der Waals surface area contributed by atoms with Gasteiger partial charge >= 0.3 is 0 Å². The molecule has 2 aliphatic heterocycles. The lowest BCUT2D eigenvalue weighted by Crippen LogP contribution is -2.37. The first-order valence-electron chi connectivity index (χ1n) is 8.17. The van der Waals surface area contributed by atoms with Gasteiger partial charge < -0.3 is 10.6 Å². The molecule has 154 valence electrons. The van der Waals surface area contributed by atoms with Gasteiger partial charge in [0.05, 0.1) is 28.5 Å². The minimum Gasteiger partial charge on any atom is -0.345 e. The fourth-order valence-corrected chi connectivity index (χ4v) is 5.28. The number of nitro benzene ring substituents is 1. The molecule has 2 aliphatic rings. The predicted octanol–water partition coefficient (Wildman–Crippen LogP) is -0.324. The summed E-state index contributed by atoms with van der Waals surface area (Å²) in [6.07, 6.45) is 2.57. The number of sulfone groups is 2. The normalized spacial score (nSPS) is 23.6. The number of hydrogen-bond acceptors (Lipinski definition) is 8. The fourth-order valence-electron chi connectivity index (χ4n) is 2.81. The number of nitro groups is 1. The van der Waals surface area contributed by atoms with E-state index in [1.54, 1.807) is 0 Å². The Labute approximate surface area is 165 Å². The van der Waals surface area contributed by atoms with Crippen molar-refractivity contribution in [1.29, 1.82) is 0 Å². The molecule has 1 aromatic carbocycles. The van der Waals surface area contributed by atoms with Gasteiger partial charge in [-0.15, -0.1) is 0 Å². The summed E-state index contributed by atoms with van der Waals surface area (Å²) in [6, 6.07) is 1.44. The molecule has 1 aromatic rings. The molecule has 2 atom stereocenters. The highest BCUT2D eigenvalue weighted by molar-refractivity contribution is 7.94. The minimum absolute atomic E-state index is 0.211. The van der Waals surface area contributed by atoms with Gasteiger partial charge in [-0.05, 0) is 18.2 Å². The first-order chi connectivity index (χ1) is 13.4. The monoisotopic (exact) mass is 441 g/mol. The van der Waals surface area contributed by atoms with Gasteiger partial charge in [-0.25, -0.2) is 16.8 Å². The van der Waals surface area contributed by atoms with Crippen molar-refractivity contribution in [3.05, 3.63) is 62.4 Å². The van der Waals surface area contributed by atoms with Crippen molar-refractivity contribution in [3.8, 4) is 0 Å². The van der Waals surface area contributed by atoms with E-state index >= 15 is 0 Å². The van der Waals surface area contributed by atoms with Gasteiger partial charge in [0.2, 0.25) is 0 Å². The topological polar surface area (TPSA) is 170 Å². The molecule has 0 spiro atoms. The van der Waals surface area contributed by atoms with Gasteiger partial charge in [-0.1, -0.05) is 0 Å². The smallest absolute Gasteiger partial charge is 0.271 e. The van der Waals surface area contributed by atoms with Crippen molar-refractivity contribution < 1.29 is 31.3 Å². The van der Waals surface area contributed by atoms with Crippen molar-refractivity contribution in [1.82, 2.24) is 10.6 Å². The summed E-state index contributed by atoms with van der Waals surface area (Å²) >= 11 is 0. The first kappa shape index (κ1) is 20.7. The number of carbonyl (C=O) groups excluding carboxylic acids is 2. The average molecular weight is 441 g/mol. The zero-order chi connectivity index (χ0) is 21.4. The summed E-state index contributed by atoms with van der Waals surface area (Å²) in [6.45, 7) is 0. The summed E-state index contributed by atoms with van der Waals surface area (Å²) in [5, 5.41) is 17.9. The Kier molecular flexibility index (Phi) is 5.28. The van der Waals surface area contributed by atoms with E-state index in [9.17, 15) is 36.5 Å². The van der Waals surface area contributed by atoms with E-state index in [1.165, 1.54) is 12.2 Å². The Morgan fingerprint density at radius 3 is 1.59 bits per heavy atom. The largest absolute Gasteiger partial charge is 0.345 e. The van der Waals surface area contributed by atoms with E-state index in [4.69, 9.17) is 0 Å². The van der Waals surface area contributed by atoms with Gasteiger partial charge in [0, 0.05) is 34.1 Å². The highest BCUT2D eigenvalue weighted by atomic mass is 32.2. The molecule has 3 rings (SSSR count). The van der Waals surface area contributed by atoms with Crippen LogP contribution in [0.3, 0.4) is 0 Å². The van der Waals surface area contributed by atoms with Crippen LogP contribution in [-0.4, -0.2) is 57.2 Å². The van der Waals surface area contributed by atoms with Crippen molar-refractivity contribution in [2.24, 2.45) is 0 Å². The second kappa shape index (κ2) is 7.40. The molecule has 0 saturated carbocycles. The van der Waals surface area contributed by atoms with Crippen LogP contribution >= 0.6 is 0 Å². The van der Waals surface area contributed by atoms with E-state index in [-0.39, 0.29) is 22.6 Å². The minimum atomic E-state index is -3.41. The van der Waals surface area contributed by atoms with Gasteiger partial charge in [-0.2, -0.15) is 0 Å². The fraction of sp³-hybridized carbons (Fsp3) is 0.250. The zero-order valence-corrected chi connectivity index (χ0v) is 16.3. The summed E-state index contributed by atoms with van der Waals surface area (Å²) in [5.41, 5.74) is -0.944. The van der Waals surface area contributed by atoms with Crippen molar-refractivity contribution in [2.45, 2.75) is 12.1 Å². The summed E-state index contributed by atoms with van der Waals surface area (Å²) in [5.74, 6) is -2.25. The lowest BCUT2D eigenvalue weighted by molar-refractivity contribution is -0.384. The number of carbonyl (C=O) groups is 2. The van der Waals surface area contributed by atoms with Crippen LogP contribution in [-0.2, 0) is 19.7 Å². The van der Waals surface area contributed by atoms with Crippen molar-refractivity contribution in [3.63, 3.8) is 0 Å². The lowest BCUT2D eigenvalue weighted by atomic mass is 10.1. The SMILES string of the molecule is O=C(N[C@H]1C=CS(=O)(=O)C1)c1cc(C(=O)N[C@H]2C=CS(=O)(=O)C2)cc([N+](=O)[O-])c1. The summed E-state index contributed by atoms with van der Waals surface area (Å²) in [4.78, 5) is 35.2. The summed E-state index contributed by atoms with van der Waals surface area (Å²) in [7, 11) is -6.83. The molecule has 2 heterocycles. The standard InChI is InChI=1S/C16H15N3O8S2/c20-15(17-12-1-3-28(24,25)8-12)10-5-11(7-14(6-10)19(22)23)16(21)18-13-2-4-29(26,27)9-13/h1-7,12-13H,8-9H2,(H,17,20)(H,18,21)/t12-,13-/m0/s1. The quantitative estimate of drug-likeness (QED) is 0.462. The van der Waals surface area contributed by atoms with E-state index in [1.807, 2.05) is 0 Å². The number of amides is 2. The molecule has 0 saturated heterocycles. The molecule has 0 bridgehead atoms. The van der Waals surface area contributed by atoms with Crippen LogP contribution in [0.4, 0.5) is 5.69 Å². The third kappa shape index (κ3) is 5.06. The van der Waals surface area contributed by atoms with E-state index in [0.29, 0.717) is 0 Å². The molecule has 29 heavy (non-hydrogen) atoms. The Hall–Kier alpha value is -3.06. The van der Waals surface area contributed by atoms with E-state index < -0.39 is 54.2 Å². The molecule has 0 fully saturated rings. The van der Waals surface area contributed by atoms with Crippen LogP contribution < -0.4 is 10.6 Å². The Balaban J connectivity index is 1.81. The zero-order valence-electron chi connectivity index (χ0n) is 14.6. The average Bonchev–Trinajstić information content (AvgIpc) is 3.14. The maximum absolute atomic E-state index is 12.4. The van der Waals surface area contributed by atoms with Gasteiger partial charge in [0.1, 0.15) is 0 Å². The molecular formula is C16H15N3O8S2. The van der Waals surface area contributed by atoms with Gasteiger partial charge in [0.15, 0.2) is 19.7 Å². The third-order valence-corrected chi connectivity index (χ3v) is 6.94. The second-order valence-corrected chi connectivity index (χ2v) is 10.4. The van der Waals surface area contributed by atoms with Crippen molar-refractivity contribution in [2.75, 3.05) is 11.5 Å². The molecule has 2 amide bonds. The number of rotatable bonds is 5. The van der Waals surface area contributed by atoms with E-state index in [0.717, 1.165) is 29.0 Å². The van der Waals surface area contributed by atoms with Crippen LogP contribution in [0.2, 0.25) is 0 Å². The summed E-state index contributed by atoms with van der Waals surface area (Å²) < 4.78 is 45.7. The number of non-ortho nitro benzene ring substituents is 1. The van der Waals surface area contributed by atoms with E-state index in [2.05, 4.69) is 10.6 Å². The number of nitrogens with one attached hydrogen (secondary N) is 2. The molecule has 11 nitrogen and oxygen atoms in total. The first-order valence-corrected chi connectivity index (χ1v) is 11.6. The van der Waals surface area contributed by atoms with Crippen LogP contribution in [0.5, 0.6) is 0 Å². The highest BCUT2D eigenvalue weighted by Gasteiger charge is 2.27. The highest BCUT2D eigenvalue weighted by Crippen LogP contribution is 2.19. The molecule has 2 N–H and O–H groups in total. The third-order valence-electron chi connectivity index (χ3n) is 4.15. The lowest BCUT2D eigenvalue weighted by Gasteiger charge is -2.12. The van der Waals surface area contributed by atoms with Crippen LogP contribution in [0.1, 0.15) is 20.7 Å². The Morgan fingerprint density at radius 1 is 0.862 bits per heavy atom. The van der Waals surface area contributed by atoms with Crippen LogP contribution in [0, 0.1) is 10.1 Å². The Bertz CT molecular complexity index is 1090. The molecule has 0 radical (unpaired) electrons. The van der Waals surface area contributed by atoms with Crippen LogP contribution in [0.15, 0.2) is 41.2 Å². The Morgan fingerprint density at radius 2 is 1.28 bits per heavy atom. The van der Waals surface area contributed by atoms with Crippen LogP contribution in [0.25, 0.3) is 0 Å². The molecule has 0 aliphatic carbocycles. The van der Waals surface area contributed by atoms with Crippen molar-refractivity contribution >= 4 is 37.2 Å². The number of benzene rings is 1. The number of hydrogen-bond donors (Lipinski definition) is 2. The maximum atomic E-state index is 12.4. The molecule has 0 unspecified atom stereocenters. The maximum Gasteiger partial charge on any atom is 0.271 e.